The van der Waals surface area contributed by atoms with Gasteiger partial charge in [0.05, 0.1) is 17.7 Å². The summed E-state index contributed by atoms with van der Waals surface area (Å²) in [7, 11) is 0. The van der Waals surface area contributed by atoms with Gasteiger partial charge in [-0.05, 0) is 24.6 Å². The van der Waals surface area contributed by atoms with Crippen LogP contribution in [0.25, 0.3) is 5.69 Å². The zero-order valence-corrected chi connectivity index (χ0v) is 11.5. The molecule has 1 aromatic heterocycles. The van der Waals surface area contributed by atoms with Gasteiger partial charge in [0.25, 0.3) is 0 Å². The molecule has 3 aromatic rings. The normalized spacial score (nSPS) is 10.4. The molecule has 0 aliphatic rings. The van der Waals surface area contributed by atoms with Gasteiger partial charge in [0.1, 0.15) is 0 Å². The molecule has 0 atom stereocenters. The van der Waals surface area contributed by atoms with Crippen molar-refractivity contribution in [3.05, 3.63) is 78.4 Å². The highest BCUT2D eigenvalue weighted by atomic mass is 15.0. The third-order valence-electron chi connectivity index (χ3n) is 3.29. The molecule has 1 N–H and O–H groups in total. The van der Waals surface area contributed by atoms with E-state index in [1.165, 1.54) is 11.1 Å². The molecule has 3 nitrogen and oxygen atoms in total. The van der Waals surface area contributed by atoms with E-state index in [9.17, 15) is 0 Å². The van der Waals surface area contributed by atoms with Crippen LogP contribution in [0, 0.1) is 6.92 Å². The summed E-state index contributed by atoms with van der Waals surface area (Å²) >= 11 is 0. The molecular formula is C17H17N3. The average molecular weight is 263 g/mol. The third kappa shape index (κ3) is 2.72. The number of imidazole rings is 1. The second-order valence-corrected chi connectivity index (χ2v) is 4.83. The lowest BCUT2D eigenvalue weighted by Crippen LogP contribution is -2.03. The quantitative estimate of drug-likeness (QED) is 0.776. The molecule has 0 radical (unpaired) electrons. The Balaban J connectivity index is 1.79. The van der Waals surface area contributed by atoms with Crippen molar-refractivity contribution in [1.82, 2.24) is 9.55 Å². The highest BCUT2D eigenvalue weighted by Gasteiger charge is 2.03. The number of aryl methyl sites for hydroxylation is 1. The Labute approximate surface area is 118 Å². The maximum Gasteiger partial charge on any atom is 0.0992 e. The summed E-state index contributed by atoms with van der Waals surface area (Å²) in [6, 6.07) is 16.8. The van der Waals surface area contributed by atoms with Crippen LogP contribution < -0.4 is 5.32 Å². The Morgan fingerprint density at radius 2 is 1.85 bits per heavy atom. The van der Waals surface area contributed by atoms with E-state index in [2.05, 4.69) is 53.6 Å². The Kier molecular flexibility index (Phi) is 3.50. The third-order valence-corrected chi connectivity index (χ3v) is 3.29. The molecule has 0 unspecified atom stereocenters. The first-order chi connectivity index (χ1) is 9.83. The fourth-order valence-corrected chi connectivity index (χ4v) is 2.15. The number of benzene rings is 2. The molecule has 1 heterocycles. The zero-order chi connectivity index (χ0) is 13.8. The fourth-order valence-electron chi connectivity index (χ4n) is 2.15. The predicted octanol–water partition coefficient (Wildman–Crippen LogP) is 3.79. The lowest BCUT2D eigenvalue weighted by Gasteiger charge is -2.12. The van der Waals surface area contributed by atoms with Crippen molar-refractivity contribution in [2.75, 3.05) is 5.32 Å². The van der Waals surface area contributed by atoms with Crippen molar-refractivity contribution in [2.24, 2.45) is 0 Å². The largest absolute Gasteiger partial charge is 0.379 e. The predicted molar refractivity (Wildman–Crippen MR) is 82.1 cm³/mol. The van der Waals surface area contributed by atoms with Gasteiger partial charge in [0.15, 0.2) is 0 Å². The monoisotopic (exact) mass is 263 g/mol. The van der Waals surface area contributed by atoms with Gasteiger partial charge in [0, 0.05) is 18.9 Å². The number of aromatic nitrogens is 2. The van der Waals surface area contributed by atoms with E-state index in [0.29, 0.717) is 0 Å². The van der Waals surface area contributed by atoms with Crippen molar-refractivity contribution in [1.29, 1.82) is 0 Å². The number of rotatable bonds is 4. The Hall–Kier alpha value is -2.55. The first kappa shape index (κ1) is 12.5. The molecule has 0 saturated heterocycles. The van der Waals surface area contributed by atoms with Gasteiger partial charge < -0.3 is 9.88 Å². The van der Waals surface area contributed by atoms with Crippen LogP contribution in [0.4, 0.5) is 5.69 Å². The number of nitrogens with one attached hydrogen (secondary N) is 1. The molecule has 20 heavy (non-hydrogen) atoms. The lowest BCUT2D eigenvalue weighted by atomic mass is 10.1. The van der Waals surface area contributed by atoms with Crippen LogP contribution in [0.1, 0.15) is 11.1 Å². The van der Waals surface area contributed by atoms with Crippen LogP contribution in [0.5, 0.6) is 0 Å². The average Bonchev–Trinajstić information content (AvgIpc) is 3.01. The van der Waals surface area contributed by atoms with E-state index in [1.54, 1.807) is 6.20 Å². The lowest BCUT2D eigenvalue weighted by molar-refractivity contribution is 1.04. The molecule has 0 aliphatic heterocycles. The maximum atomic E-state index is 4.10. The number of anilines is 1. The van der Waals surface area contributed by atoms with Gasteiger partial charge >= 0.3 is 0 Å². The molecule has 0 fully saturated rings. The van der Waals surface area contributed by atoms with Gasteiger partial charge in [-0.2, -0.15) is 0 Å². The first-order valence-electron chi connectivity index (χ1n) is 6.70. The fraction of sp³-hybridized carbons (Fsp3) is 0.118. The molecule has 0 saturated carbocycles. The van der Waals surface area contributed by atoms with Gasteiger partial charge in [-0.1, -0.05) is 42.0 Å². The van der Waals surface area contributed by atoms with Crippen molar-refractivity contribution < 1.29 is 0 Å². The van der Waals surface area contributed by atoms with Gasteiger partial charge in [-0.3, -0.25) is 0 Å². The van der Waals surface area contributed by atoms with Crippen LogP contribution >= 0.6 is 0 Å². The van der Waals surface area contributed by atoms with Crippen LogP contribution in [0.3, 0.4) is 0 Å². The second-order valence-electron chi connectivity index (χ2n) is 4.83. The van der Waals surface area contributed by atoms with Crippen LogP contribution in [-0.4, -0.2) is 9.55 Å². The molecule has 0 spiro atoms. The van der Waals surface area contributed by atoms with E-state index in [4.69, 9.17) is 0 Å². The molecule has 0 aliphatic carbocycles. The summed E-state index contributed by atoms with van der Waals surface area (Å²) in [5.74, 6) is 0. The summed E-state index contributed by atoms with van der Waals surface area (Å²) in [6.45, 7) is 2.91. The van der Waals surface area contributed by atoms with Crippen LogP contribution in [0.15, 0.2) is 67.3 Å². The van der Waals surface area contributed by atoms with Gasteiger partial charge in [-0.25, -0.2) is 4.98 Å². The summed E-state index contributed by atoms with van der Waals surface area (Å²) in [4.78, 5) is 4.10. The molecule has 3 heteroatoms. The maximum absolute atomic E-state index is 4.10. The van der Waals surface area contributed by atoms with E-state index >= 15 is 0 Å². The van der Waals surface area contributed by atoms with Crippen molar-refractivity contribution >= 4 is 5.69 Å². The summed E-state index contributed by atoms with van der Waals surface area (Å²) in [5.41, 5.74) is 4.77. The van der Waals surface area contributed by atoms with E-state index in [-0.39, 0.29) is 0 Å². The van der Waals surface area contributed by atoms with E-state index in [0.717, 1.165) is 17.9 Å². The number of hydrogen-bond donors (Lipinski definition) is 1. The topological polar surface area (TPSA) is 29.9 Å². The van der Waals surface area contributed by atoms with E-state index in [1.807, 2.05) is 29.2 Å². The van der Waals surface area contributed by atoms with Crippen molar-refractivity contribution in [3.63, 3.8) is 0 Å². The number of hydrogen-bond acceptors (Lipinski definition) is 2. The minimum absolute atomic E-state index is 0.811. The highest BCUT2D eigenvalue weighted by molar-refractivity contribution is 5.61. The van der Waals surface area contributed by atoms with E-state index < -0.39 is 0 Å². The van der Waals surface area contributed by atoms with Crippen LogP contribution in [-0.2, 0) is 6.54 Å². The number of para-hydroxylation sites is 2. The van der Waals surface area contributed by atoms with Gasteiger partial charge in [0.2, 0.25) is 0 Å². The molecular weight excluding hydrogens is 246 g/mol. The molecule has 3 rings (SSSR count). The Morgan fingerprint density at radius 3 is 2.60 bits per heavy atom. The minimum Gasteiger partial charge on any atom is -0.379 e. The molecule has 100 valence electrons. The van der Waals surface area contributed by atoms with Crippen molar-refractivity contribution in [2.45, 2.75) is 13.5 Å². The summed E-state index contributed by atoms with van der Waals surface area (Å²) < 4.78 is 2.01. The minimum atomic E-state index is 0.811. The Bertz CT molecular complexity index is 670. The van der Waals surface area contributed by atoms with Crippen LogP contribution in [0.2, 0.25) is 0 Å². The second kappa shape index (κ2) is 5.61. The zero-order valence-electron chi connectivity index (χ0n) is 11.5. The molecule has 0 amide bonds. The van der Waals surface area contributed by atoms with Crippen molar-refractivity contribution in [3.8, 4) is 5.69 Å². The molecule has 2 aromatic carbocycles. The van der Waals surface area contributed by atoms with Gasteiger partial charge in [-0.15, -0.1) is 0 Å². The summed E-state index contributed by atoms with van der Waals surface area (Å²) in [6.07, 6.45) is 5.55. The number of nitrogens with zero attached hydrogens (tertiary/aromatic N) is 2. The Morgan fingerprint density at radius 1 is 1.05 bits per heavy atom. The standard InChI is InChI=1S/C17H17N3/c1-14-6-8-15(9-7-14)12-19-16-4-2-3-5-17(16)20-11-10-18-13-20/h2-11,13,19H,12H2,1H3. The molecule has 0 bridgehead atoms. The SMILES string of the molecule is Cc1ccc(CNc2ccccc2-n2ccnc2)cc1. The smallest absolute Gasteiger partial charge is 0.0992 e. The first-order valence-corrected chi connectivity index (χ1v) is 6.70. The highest BCUT2D eigenvalue weighted by Crippen LogP contribution is 2.20. The summed E-state index contributed by atoms with van der Waals surface area (Å²) in [5, 5.41) is 3.49.